The van der Waals surface area contributed by atoms with E-state index in [2.05, 4.69) is 0 Å². The summed E-state index contributed by atoms with van der Waals surface area (Å²) in [6, 6.07) is 7.18. The minimum Gasteiger partial charge on any atom is -0.274 e. The molecule has 0 aliphatic carbocycles. The molecule has 1 heterocycles. The molecule has 0 saturated carbocycles. The molecule has 1 aliphatic heterocycles. The van der Waals surface area contributed by atoms with Crippen LogP contribution in [0.4, 0.5) is 5.69 Å². The Hall–Kier alpha value is -1.35. The van der Waals surface area contributed by atoms with Crippen LogP contribution in [0.1, 0.15) is 18.4 Å². The molecule has 1 aromatic carbocycles. The number of carbonyl (C=O) groups excluding carboxylic acids is 2. The number of hydrogen-bond acceptors (Lipinski definition) is 2. The van der Waals surface area contributed by atoms with E-state index < -0.39 is 0 Å². The Labute approximate surface area is 92.6 Å². The van der Waals surface area contributed by atoms with Gasteiger partial charge in [-0.1, -0.05) is 12.1 Å². The summed E-state index contributed by atoms with van der Waals surface area (Å²) in [4.78, 5) is 24.1. The highest BCUT2D eigenvalue weighted by Crippen LogP contribution is 2.23. The molecule has 0 aromatic heterocycles. The number of halogens is 1. The molecule has 1 aromatic rings. The average Bonchev–Trinajstić information content (AvgIpc) is 2.59. The standard InChI is InChI=1S/C11H10ClNO2/c12-7-8-2-1-3-9(6-8)13-10(14)4-5-11(13)15/h1-3,6H,4-5,7H2. The van der Waals surface area contributed by atoms with Crippen molar-refractivity contribution in [3.63, 3.8) is 0 Å². The normalized spacial score (nSPS) is 16.2. The van der Waals surface area contributed by atoms with E-state index in [0.717, 1.165) is 5.56 Å². The third kappa shape index (κ3) is 1.88. The van der Waals surface area contributed by atoms with E-state index in [0.29, 0.717) is 24.4 Å². The summed E-state index contributed by atoms with van der Waals surface area (Å²) in [6.07, 6.45) is 0.619. The van der Waals surface area contributed by atoms with Gasteiger partial charge >= 0.3 is 0 Å². The van der Waals surface area contributed by atoms with Gasteiger partial charge < -0.3 is 0 Å². The number of hydrogen-bond donors (Lipinski definition) is 0. The number of rotatable bonds is 2. The Morgan fingerprint density at radius 2 is 1.87 bits per heavy atom. The van der Waals surface area contributed by atoms with Gasteiger partial charge in [0.1, 0.15) is 0 Å². The highest BCUT2D eigenvalue weighted by atomic mass is 35.5. The lowest BCUT2D eigenvalue weighted by Gasteiger charge is -2.14. The molecule has 4 heteroatoms. The molecule has 2 rings (SSSR count). The van der Waals surface area contributed by atoms with Crippen LogP contribution < -0.4 is 4.90 Å². The molecule has 0 spiro atoms. The number of alkyl halides is 1. The van der Waals surface area contributed by atoms with E-state index in [-0.39, 0.29) is 11.8 Å². The van der Waals surface area contributed by atoms with Crippen LogP contribution in [0.5, 0.6) is 0 Å². The molecule has 0 bridgehead atoms. The first-order valence-corrected chi connectivity index (χ1v) is 5.26. The van der Waals surface area contributed by atoms with Crippen molar-refractivity contribution >= 4 is 29.1 Å². The van der Waals surface area contributed by atoms with Crippen molar-refractivity contribution in [3.05, 3.63) is 29.8 Å². The molecule has 1 saturated heterocycles. The number of amides is 2. The van der Waals surface area contributed by atoms with Crippen LogP contribution in [-0.2, 0) is 15.5 Å². The maximum absolute atomic E-state index is 11.5. The monoisotopic (exact) mass is 223 g/mol. The van der Waals surface area contributed by atoms with E-state index in [1.165, 1.54) is 4.90 Å². The summed E-state index contributed by atoms with van der Waals surface area (Å²) >= 11 is 5.69. The number of imide groups is 1. The van der Waals surface area contributed by atoms with Gasteiger partial charge in [0.2, 0.25) is 11.8 Å². The van der Waals surface area contributed by atoms with Crippen LogP contribution in [0.3, 0.4) is 0 Å². The summed E-state index contributed by atoms with van der Waals surface area (Å²) in [6.45, 7) is 0. The Balaban J connectivity index is 2.36. The van der Waals surface area contributed by atoms with Gasteiger partial charge in [-0.2, -0.15) is 0 Å². The van der Waals surface area contributed by atoms with Gasteiger partial charge in [0.25, 0.3) is 0 Å². The summed E-state index contributed by atoms with van der Waals surface area (Å²) in [7, 11) is 0. The maximum Gasteiger partial charge on any atom is 0.234 e. The number of nitrogens with zero attached hydrogens (tertiary/aromatic N) is 1. The third-order valence-electron chi connectivity index (χ3n) is 2.37. The van der Waals surface area contributed by atoms with E-state index in [9.17, 15) is 9.59 Å². The lowest BCUT2D eigenvalue weighted by molar-refractivity contribution is -0.121. The van der Waals surface area contributed by atoms with Crippen molar-refractivity contribution in [2.45, 2.75) is 18.7 Å². The van der Waals surface area contributed by atoms with E-state index in [1.54, 1.807) is 18.2 Å². The zero-order valence-corrected chi connectivity index (χ0v) is 8.83. The van der Waals surface area contributed by atoms with Crippen LogP contribution in [0.2, 0.25) is 0 Å². The van der Waals surface area contributed by atoms with Gasteiger partial charge in [0.15, 0.2) is 0 Å². The van der Waals surface area contributed by atoms with Crippen molar-refractivity contribution in [1.82, 2.24) is 0 Å². The molecule has 1 fully saturated rings. The van der Waals surface area contributed by atoms with Crippen molar-refractivity contribution in [2.75, 3.05) is 4.90 Å². The molecule has 2 amide bonds. The first-order chi connectivity index (χ1) is 7.22. The molecule has 1 aliphatic rings. The number of carbonyl (C=O) groups is 2. The Morgan fingerprint density at radius 3 is 2.47 bits per heavy atom. The van der Waals surface area contributed by atoms with Crippen molar-refractivity contribution in [3.8, 4) is 0 Å². The van der Waals surface area contributed by atoms with Crippen molar-refractivity contribution in [1.29, 1.82) is 0 Å². The molecule has 0 N–H and O–H groups in total. The molecule has 3 nitrogen and oxygen atoms in total. The van der Waals surface area contributed by atoms with Crippen LogP contribution in [0.25, 0.3) is 0 Å². The van der Waals surface area contributed by atoms with Gasteiger partial charge in [-0.3, -0.25) is 14.5 Å². The SMILES string of the molecule is O=C1CCC(=O)N1c1cccc(CCl)c1. The summed E-state index contributed by atoms with van der Waals surface area (Å²) in [5.41, 5.74) is 1.53. The first-order valence-electron chi connectivity index (χ1n) is 4.73. The lowest BCUT2D eigenvalue weighted by Crippen LogP contribution is -2.28. The van der Waals surface area contributed by atoms with E-state index >= 15 is 0 Å². The highest BCUT2D eigenvalue weighted by molar-refractivity contribution is 6.20. The Kier molecular flexibility index (Phi) is 2.73. The smallest absolute Gasteiger partial charge is 0.234 e. The summed E-state index contributed by atoms with van der Waals surface area (Å²) < 4.78 is 0. The van der Waals surface area contributed by atoms with Gasteiger partial charge in [-0.05, 0) is 17.7 Å². The maximum atomic E-state index is 11.5. The van der Waals surface area contributed by atoms with Gasteiger partial charge in [-0.15, -0.1) is 11.6 Å². The number of benzene rings is 1. The van der Waals surface area contributed by atoms with Gasteiger partial charge in [0.05, 0.1) is 5.69 Å². The second kappa shape index (κ2) is 4.03. The third-order valence-corrected chi connectivity index (χ3v) is 2.68. The lowest BCUT2D eigenvalue weighted by atomic mass is 10.2. The van der Waals surface area contributed by atoms with E-state index in [4.69, 9.17) is 11.6 Å². The molecular weight excluding hydrogens is 214 g/mol. The predicted octanol–water partition coefficient (Wildman–Crippen LogP) is 2.08. The second-order valence-electron chi connectivity index (χ2n) is 3.43. The van der Waals surface area contributed by atoms with Crippen LogP contribution in [-0.4, -0.2) is 11.8 Å². The van der Waals surface area contributed by atoms with Gasteiger partial charge in [0, 0.05) is 18.7 Å². The van der Waals surface area contributed by atoms with Gasteiger partial charge in [-0.25, -0.2) is 0 Å². The minimum absolute atomic E-state index is 0.133. The first kappa shape index (κ1) is 10.2. The molecule has 0 radical (unpaired) electrons. The highest BCUT2D eigenvalue weighted by Gasteiger charge is 2.30. The largest absolute Gasteiger partial charge is 0.274 e. The van der Waals surface area contributed by atoms with Crippen molar-refractivity contribution < 1.29 is 9.59 Å². The molecule has 0 unspecified atom stereocenters. The Morgan fingerprint density at radius 1 is 1.20 bits per heavy atom. The molecule has 15 heavy (non-hydrogen) atoms. The fourth-order valence-corrected chi connectivity index (χ4v) is 1.81. The van der Waals surface area contributed by atoms with Crippen LogP contribution >= 0.6 is 11.6 Å². The number of anilines is 1. The molecule has 0 atom stereocenters. The minimum atomic E-state index is -0.133. The Bertz CT molecular complexity index is 401. The predicted molar refractivity (Wildman–Crippen MR) is 57.7 cm³/mol. The fraction of sp³-hybridized carbons (Fsp3) is 0.273. The average molecular weight is 224 g/mol. The van der Waals surface area contributed by atoms with Crippen molar-refractivity contribution in [2.24, 2.45) is 0 Å². The van der Waals surface area contributed by atoms with E-state index in [1.807, 2.05) is 6.07 Å². The zero-order valence-electron chi connectivity index (χ0n) is 8.07. The van der Waals surface area contributed by atoms with Crippen LogP contribution in [0.15, 0.2) is 24.3 Å². The zero-order chi connectivity index (χ0) is 10.8. The fourth-order valence-electron chi connectivity index (χ4n) is 1.64. The topological polar surface area (TPSA) is 37.4 Å². The van der Waals surface area contributed by atoms with Crippen LogP contribution in [0, 0.1) is 0 Å². The molecule has 78 valence electrons. The quantitative estimate of drug-likeness (QED) is 0.569. The second-order valence-corrected chi connectivity index (χ2v) is 3.69. The summed E-state index contributed by atoms with van der Waals surface area (Å²) in [5.74, 6) is 0.114. The molecular formula is C11H10ClNO2. The summed E-state index contributed by atoms with van der Waals surface area (Å²) in [5, 5.41) is 0.